The van der Waals surface area contributed by atoms with Gasteiger partial charge in [-0.1, -0.05) is 51.1 Å². The molecule has 3 atom stereocenters. The summed E-state index contributed by atoms with van der Waals surface area (Å²) >= 11 is 0. The number of ether oxygens (including phenoxy) is 4. The van der Waals surface area contributed by atoms with Gasteiger partial charge in [0.25, 0.3) is 0 Å². The first-order valence-electron chi connectivity index (χ1n) is 12.4. The Hall–Kier alpha value is -2.28. The third kappa shape index (κ3) is 5.85. The largest absolute Gasteiger partial charge is 0.496 e. The number of rotatable bonds is 9. The smallest absolute Gasteiger partial charge is 0.142 e. The molecule has 4 rings (SSSR count). The molecule has 34 heavy (non-hydrogen) atoms. The van der Waals surface area contributed by atoms with E-state index in [-0.39, 0.29) is 23.6 Å². The minimum Gasteiger partial charge on any atom is -0.496 e. The molecule has 2 aromatic carbocycles. The molecule has 0 bridgehead atoms. The summed E-state index contributed by atoms with van der Waals surface area (Å²) in [5.74, 6) is 1.82. The molecular formula is C28H40N2O4. The van der Waals surface area contributed by atoms with E-state index in [2.05, 4.69) is 60.9 Å². The fourth-order valence-electron chi connectivity index (χ4n) is 4.95. The minimum atomic E-state index is 0.0528. The first kappa shape index (κ1) is 24.8. The fraction of sp³-hybridized carbons (Fsp3) is 0.571. The maximum atomic E-state index is 6.29. The first-order valence-corrected chi connectivity index (χ1v) is 12.4. The van der Waals surface area contributed by atoms with Crippen molar-refractivity contribution in [1.29, 1.82) is 0 Å². The van der Waals surface area contributed by atoms with Gasteiger partial charge in [-0.15, -0.1) is 0 Å². The van der Waals surface area contributed by atoms with Crippen LogP contribution in [0.4, 0.5) is 5.69 Å². The van der Waals surface area contributed by atoms with Crippen LogP contribution in [0.3, 0.4) is 0 Å². The van der Waals surface area contributed by atoms with Crippen LogP contribution in [0.2, 0.25) is 0 Å². The molecule has 0 amide bonds. The monoisotopic (exact) mass is 468 g/mol. The highest BCUT2D eigenvalue weighted by atomic mass is 16.5. The van der Waals surface area contributed by atoms with Crippen LogP contribution < -0.4 is 14.4 Å². The molecule has 0 radical (unpaired) electrons. The molecule has 1 fully saturated rings. The van der Waals surface area contributed by atoms with Crippen LogP contribution in [0.25, 0.3) is 0 Å². The van der Waals surface area contributed by atoms with Gasteiger partial charge >= 0.3 is 0 Å². The lowest BCUT2D eigenvalue weighted by Gasteiger charge is -2.42. The van der Waals surface area contributed by atoms with Gasteiger partial charge < -0.3 is 23.8 Å². The molecule has 2 aliphatic heterocycles. The van der Waals surface area contributed by atoms with E-state index in [4.69, 9.17) is 18.9 Å². The van der Waals surface area contributed by atoms with Crippen LogP contribution in [-0.4, -0.2) is 70.7 Å². The Morgan fingerprint density at radius 2 is 1.82 bits per heavy atom. The number of nitrogens with zero attached hydrogens (tertiary/aromatic N) is 2. The normalized spacial score (nSPS) is 21.7. The summed E-state index contributed by atoms with van der Waals surface area (Å²) in [4.78, 5) is 5.02. The zero-order valence-electron chi connectivity index (χ0n) is 21.3. The van der Waals surface area contributed by atoms with Crippen molar-refractivity contribution in [3.05, 3.63) is 54.1 Å². The zero-order chi connectivity index (χ0) is 24.1. The molecule has 0 saturated carbocycles. The second kappa shape index (κ2) is 11.0. The topological polar surface area (TPSA) is 43.4 Å². The molecule has 1 saturated heterocycles. The lowest BCUT2D eigenvalue weighted by Crippen LogP contribution is -2.49. The molecule has 2 aromatic rings. The van der Waals surface area contributed by atoms with Crippen molar-refractivity contribution in [3.63, 3.8) is 0 Å². The van der Waals surface area contributed by atoms with Gasteiger partial charge in [0.2, 0.25) is 0 Å². The molecule has 2 aliphatic rings. The van der Waals surface area contributed by atoms with Crippen molar-refractivity contribution in [2.45, 2.75) is 45.4 Å². The standard InChI is InChI=1S/C28H40N2O4/c1-28(2,3)20-33-18-21(29-15-14-22(17-29)31-4)16-30-24-11-7-9-13-27(24)34-19-25(30)23-10-6-8-12-26(23)32-5/h6-13,21-22,25H,14-20H2,1-5H3. The molecule has 0 spiro atoms. The van der Waals surface area contributed by atoms with Gasteiger partial charge in [-0.05, 0) is 30.0 Å². The van der Waals surface area contributed by atoms with Crippen molar-refractivity contribution in [2.24, 2.45) is 5.41 Å². The Balaban J connectivity index is 1.64. The number of likely N-dealkylation sites (tertiary alicyclic amines) is 1. The van der Waals surface area contributed by atoms with E-state index in [0.29, 0.717) is 13.2 Å². The third-order valence-electron chi connectivity index (χ3n) is 6.72. The highest BCUT2D eigenvalue weighted by Crippen LogP contribution is 2.42. The summed E-state index contributed by atoms with van der Waals surface area (Å²) in [6.45, 7) is 11.4. The van der Waals surface area contributed by atoms with Crippen LogP contribution >= 0.6 is 0 Å². The lowest BCUT2D eigenvalue weighted by molar-refractivity contribution is 0.0252. The van der Waals surface area contributed by atoms with Crippen LogP contribution in [0.1, 0.15) is 38.8 Å². The third-order valence-corrected chi connectivity index (χ3v) is 6.72. The van der Waals surface area contributed by atoms with Crippen LogP contribution in [-0.2, 0) is 9.47 Å². The number of benzene rings is 2. The zero-order valence-corrected chi connectivity index (χ0v) is 21.3. The van der Waals surface area contributed by atoms with Gasteiger partial charge in [0.05, 0.1) is 44.2 Å². The molecule has 0 N–H and O–H groups in total. The minimum absolute atomic E-state index is 0.0528. The van der Waals surface area contributed by atoms with Crippen LogP contribution in [0.5, 0.6) is 11.5 Å². The second-order valence-electron chi connectivity index (χ2n) is 10.6. The molecule has 186 valence electrons. The van der Waals surface area contributed by atoms with E-state index in [1.165, 1.54) is 0 Å². The average molecular weight is 469 g/mol. The van der Waals surface area contributed by atoms with E-state index in [1.54, 1.807) is 7.11 Å². The van der Waals surface area contributed by atoms with Crippen molar-refractivity contribution in [3.8, 4) is 11.5 Å². The fourth-order valence-corrected chi connectivity index (χ4v) is 4.95. The summed E-state index contributed by atoms with van der Waals surface area (Å²) in [5, 5.41) is 0. The van der Waals surface area contributed by atoms with Crippen LogP contribution in [0, 0.1) is 5.41 Å². The SMILES string of the molecule is COc1ccccc1C1COc2ccccc2N1CC(COCC(C)(C)C)N1CCC(OC)C1. The molecular weight excluding hydrogens is 428 g/mol. The lowest BCUT2D eigenvalue weighted by atomic mass is 9.98. The molecule has 6 nitrogen and oxygen atoms in total. The first-order chi connectivity index (χ1) is 16.4. The summed E-state index contributed by atoms with van der Waals surface area (Å²) in [6.07, 6.45) is 1.34. The molecule has 0 aliphatic carbocycles. The van der Waals surface area contributed by atoms with E-state index in [0.717, 1.165) is 55.4 Å². The predicted octanol–water partition coefficient (Wildman–Crippen LogP) is 4.79. The van der Waals surface area contributed by atoms with Gasteiger partial charge in [-0.3, -0.25) is 4.90 Å². The molecule has 2 heterocycles. The quantitative estimate of drug-likeness (QED) is 0.527. The maximum Gasteiger partial charge on any atom is 0.142 e. The van der Waals surface area contributed by atoms with Crippen LogP contribution in [0.15, 0.2) is 48.5 Å². The maximum absolute atomic E-state index is 6.29. The highest BCUT2D eigenvalue weighted by molar-refractivity contribution is 5.62. The van der Waals surface area contributed by atoms with E-state index >= 15 is 0 Å². The van der Waals surface area contributed by atoms with Crippen molar-refractivity contribution in [1.82, 2.24) is 4.90 Å². The van der Waals surface area contributed by atoms with E-state index < -0.39 is 0 Å². The second-order valence-corrected chi connectivity index (χ2v) is 10.6. The number of methoxy groups -OCH3 is 2. The Morgan fingerprint density at radius 3 is 2.56 bits per heavy atom. The van der Waals surface area contributed by atoms with Gasteiger partial charge in [-0.25, -0.2) is 0 Å². The molecule has 3 unspecified atom stereocenters. The van der Waals surface area contributed by atoms with E-state index in [9.17, 15) is 0 Å². The Morgan fingerprint density at radius 1 is 1.06 bits per heavy atom. The van der Waals surface area contributed by atoms with Gasteiger partial charge in [-0.2, -0.15) is 0 Å². The number of para-hydroxylation sites is 3. The van der Waals surface area contributed by atoms with Crippen molar-refractivity contribution >= 4 is 5.69 Å². The average Bonchev–Trinajstić information content (AvgIpc) is 3.32. The Bertz CT molecular complexity index is 929. The summed E-state index contributed by atoms with van der Waals surface area (Å²) in [6, 6.07) is 16.9. The van der Waals surface area contributed by atoms with Gasteiger partial charge in [0.15, 0.2) is 0 Å². The van der Waals surface area contributed by atoms with Gasteiger partial charge in [0, 0.05) is 32.3 Å². The summed E-state index contributed by atoms with van der Waals surface area (Å²) in [7, 11) is 3.55. The van der Waals surface area contributed by atoms with Crippen molar-refractivity contribution in [2.75, 3.05) is 58.6 Å². The predicted molar refractivity (Wildman–Crippen MR) is 136 cm³/mol. The van der Waals surface area contributed by atoms with E-state index in [1.807, 2.05) is 25.3 Å². The Kier molecular flexibility index (Phi) is 8.02. The van der Waals surface area contributed by atoms with Gasteiger partial charge in [0.1, 0.15) is 18.1 Å². The van der Waals surface area contributed by atoms with Crippen molar-refractivity contribution < 1.29 is 18.9 Å². The number of fused-ring (bicyclic) bond motifs is 1. The summed E-state index contributed by atoms with van der Waals surface area (Å²) in [5.41, 5.74) is 2.40. The number of anilines is 1. The highest BCUT2D eigenvalue weighted by Gasteiger charge is 2.36. The molecule has 0 aromatic heterocycles. The summed E-state index contributed by atoms with van der Waals surface area (Å²) < 4.78 is 23.9. The molecule has 6 heteroatoms. The number of hydrogen-bond acceptors (Lipinski definition) is 6. The number of hydrogen-bond donors (Lipinski definition) is 0. The Labute approximate surface area is 204 Å².